The molecule has 2 amide bonds. The Hall–Kier alpha value is -2.60. The number of carbonyl (C=O) groups is 2. The maximum Gasteiger partial charge on any atom is 0.260 e. The van der Waals surface area contributed by atoms with Crippen molar-refractivity contribution in [1.29, 1.82) is 0 Å². The second-order valence-electron chi connectivity index (χ2n) is 5.03. The molecule has 0 fully saturated rings. The number of amides is 2. The first-order chi connectivity index (χ1) is 11.5. The van der Waals surface area contributed by atoms with Crippen molar-refractivity contribution in [2.45, 2.75) is 0 Å². The van der Waals surface area contributed by atoms with Gasteiger partial charge in [-0.25, -0.2) is 4.39 Å². The van der Waals surface area contributed by atoms with E-state index in [0.717, 1.165) is 0 Å². The molecular formula is C17H16ClFN2O3. The summed E-state index contributed by atoms with van der Waals surface area (Å²) in [7, 11) is 1.48. The molecule has 0 spiro atoms. The Morgan fingerprint density at radius 1 is 1.21 bits per heavy atom. The van der Waals surface area contributed by atoms with Gasteiger partial charge in [-0.1, -0.05) is 29.8 Å². The molecule has 0 heterocycles. The molecule has 0 aromatic heterocycles. The third-order valence-corrected chi connectivity index (χ3v) is 3.41. The van der Waals surface area contributed by atoms with Crippen LogP contribution in [0.15, 0.2) is 48.5 Å². The van der Waals surface area contributed by atoms with Crippen LogP contribution in [0.1, 0.15) is 0 Å². The average molecular weight is 351 g/mol. The van der Waals surface area contributed by atoms with Gasteiger partial charge in [-0.05, 0) is 30.3 Å². The molecule has 0 aliphatic heterocycles. The molecule has 0 aliphatic rings. The first-order valence-corrected chi connectivity index (χ1v) is 7.50. The number of halogens is 2. The van der Waals surface area contributed by atoms with Crippen molar-refractivity contribution in [2.24, 2.45) is 0 Å². The Bertz CT molecular complexity index is 739. The lowest BCUT2D eigenvalue weighted by atomic mass is 10.3. The summed E-state index contributed by atoms with van der Waals surface area (Å²) in [5.41, 5.74) is 0.327. The largest absolute Gasteiger partial charge is 0.482 e. The van der Waals surface area contributed by atoms with E-state index < -0.39 is 11.7 Å². The molecule has 7 heteroatoms. The smallest absolute Gasteiger partial charge is 0.260 e. The van der Waals surface area contributed by atoms with Crippen molar-refractivity contribution < 1.29 is 18.7 Å². The van der Waals surface area contributed by atoms with Gasteiger partial charge in [-0.15, -0.1) is 0 Å². The predicted octanol–water partition coefficient (Wildman–Crippen LogP) is 2.96. The van der Waals surface area contributed by atoms with E-state index in [2.05, 4.69) is 5.32 Å². The fraction of sp³-hybridized carbons (Fsp3) is 0.176. The van der Waals surface area contributed by atoms with Crippen LogP contribution in [0.3, 0.4) is 0 Å². The summed E-state index contributed by atoms with van der Waals surface area (Å²) >= 11 is 5.93. The molecule has 2 aromatic carbocycles. The van der Waals surface area contributed by atoms with Gasteiger partial charge in [0.15, 0.2) is 6.61 Å². The summed E-state index contributed by atoms with van der Waals surface area (Å²) in [6.07, 6.45) is 0. The predicted molar refractivity (Wildman–Crippen MR) is 89.6 cm³/mol. The number of hydrogen-bond donors (Lipinski definition) is 1. The number of nitrogens with one attached hydrogen (secondary N) is 1. The van der Waals surface area contributed by atoms with E-state index >= 15 is 0 Å². The first-order valence-electron chi connectivity index (χ1n) is 7.12. The topological polar surface area (TPSA) is 58.6 Å². The SMILES string of the molecule is CN(CC(=O)Nc1cccc(F)c1)C(=O)COc1ccccc1Cl. The lowest BCUT2D eigenvalue weighted by Crippen LogP contribution is -2.37. The third kappa shape index (κ3) is 5.24. The zero-order valence-electron chi connectivity index (χ0n) is 13.0. The van der Waals surface area contributed by atoms with Gasteiger partial charge in [0.25, 0.3) is 5.91 Å². The van der Waals surface area contributed by atoms with Gasteiger partial charge in [0.2, 0.25) is 5.91 Å². The number of benzene rings is 2. The molecule has 2 rings (SSSR count). The second-order valence-corrected chi connectivity index (χ2v) is 5.43. The highest BCUT2D eigenvalue weighted by atomic mass is 35.5. The van der Waals surface area contributed by atoms with Gasteiger partial charge in [0, 0.05) is 12.7 Å². The van der Waals surface area contributed by atoms with Crippen LogP contribution in [0.5, 0.6) is 5.75 Å². The van der Waals surface area contributed by atoms with E-state index in [1.807, 2.05) is 0 Å². The Balaban J connectivity index is 1.82. The normalized spacial score (nSPS) is 10.1. The molecule has 0 radical (unpaired) electrons. The monoisotopic (exact) mass is 350 g/mol. The lowest BCUT2D eigenvalue weighted by molar-refractivity contribution is -0.135. The van der Waals surface area contributed by atoms with Gasteiger partial charge in [0.1, 0.15) is 11.6 Å². The van der Waals surface area contributed by atoms with Gasteiger partial charge in [-0.2, -0.15) is 0 Å². The summed E-state index contributed by atoms with van der Waals surface area (Å²) in [6, 6.07) is 12.3. The fourth-order valence-electron chi connectivity index (χ4n) is 1.88. The zero-order chi connectivity index (χ0) is 17.5. The Morgan fingerprint density at radius 2 is 1.96 bits per heavy atom. The molecule has 2 aromatic rings. The molecule has 0 aliphatic carbocycles. The van der Waals surface area contributed by atoms with Crippen LogP contribution >= 0.6 is 11.6 Å². The molecule has 5 nitrogen and oxygen atoms in total. The summed E-state index contributed by atoms with van der Waals surface area (Å²) in [5, 5.41) is 2.92. The van der Waals surface area contributed by atoms with E-state index in [0.29, 0.717) is 16.5 Å². The van der Waals surface area contributed by atoms with Crippen LogP contribution in [0, 0.1) is 5.82 Å². The molecule has 1 N–H and O–H groups in total. The summed E-state index contributed by atoms with van der Waals surface area (Å²) < 4.78 is 18.4. The summed E-state index contributed by atoms with van der Waals surface area (Å²) in [5.74, 6) is -0.881. The quantitative estimate of drug-likeness (QED) is 0.871. The number of hydrogen-bond acceptors (Lipinski definition) is 3. The Morgan fingerprint density at radius 3 is 2.67 bits per heavy atom. The Labute approximate surface area is 144 Å². The van der Waals surface area contributed by atoms with Crippen molar-refractivity contribution in [1.82, 2.24) is 4.90 Å². The lowest BCUT2D eigenvalue weighted by Gasteiger charge is -2.17. The number of ether oxygens (including phenoxy) is 1. The zero-order valence-corrected chi connectivity index (χ0v) is 13.7. The molecule has 0 atom stereocenters. The minimum absolute atomic E-state index is 0.179. The van der Waals surface area contributed by atoms with Crippen LogP contribution in [0.2, 0.25) is 5.02 Å². The van der Waals surface area contributed by atoms with Gasteiger partial charge >= 0.3 is 0 Å². The van der Waals surface area contributed by atoms with E-state index in [-0.39, 0.29) is 19.1 Å². The highest BCUT2D eigenvalue weighted by Gasteiger charge is 2.14. The molecule has 0 saturated carbocycles. The van der Waals surface area contributed by atoms with Crippen molar-refractivity contribution >= 4 is 29.1 Å². The Kier molecular flexibility index (Phi) is 6.14. The number of likely N-dealkylation sites (N-methyl/N-ethyl adjacent to an activating group) is 1. The van der Waals surface area contributed by atoms with Crippen LogP contribution in [-0.2, 0) is 9.59 Å². The van der Waals surface area contributed by atoms with Gasteiger partial charge in [-0.3, -0.25) is 9.59 Å². The van der Waals surface area contributed by atoms with Crippen LogP contribution in [-0.4, -0.2) is 36.9 Å². The minimum Gasteiger partial charge on any atom is -0.482 e. The molecule has 126 valence electrons. The van der Waals surface area contributed by atoms with Crippen molar-refractivity contribution in [2.75, 3.05) is 25.5 Å². The fourth-order valence-corrected chi connectivity index (χ4v) is 2.07. The maximum absolute atomic E-state index is 13.1. The third-order valence-electron chi connectivity index (χ3n) is 3.10. The number of rotatable bonds is 6. The average Bonchev–Trinajstić information content (AvgIpc) is 2.53. The van der Waals surface area contributed by atoms with Gasteiger partial charge < -0.3 is 15.0 Å². The number of nitrogens with zero attached hydrogens (tertiary/aromatic N) is 1. The standard InChI is InChI=1S/C17H16ClFN2O3/c1-21(10-16(22)20-13-6-4-5-12(19)9-13)17(23)11-24-15-8-3-2-7-14(15)18/h2-9H,10-11H2,1H3,(H,20,22). The molecule has 0 unspecified atom stereocenters. The van der Waals surface area contributed by atoms with Crippen molar-refractivity contribution in [3.05, 3.63) is 59.4 Å². The second kappa shape index (κ2) is 8.31. The number of para-hydroxylation sites is 1. The van der Waals surface area contributed by atoms with Crippen molar-refractivity contribution in [3.8, 4) is 5.75 Å². The van der Waals surface area contributed by atoms with E-state index in [1.165, 1.54) is 30.1 Å². The highest BCUT2D eigenvalue weighted by molar-refractivity contribution is 6.32. The molecule has 0 saturated heterocycles. The minimum atomic E-state index is -0.453. The number of anilines is 1. The van der Waals surface area contributed by atoms with Crippen molar-refractivity contribution in [3.63, 3.8) is 0 Å². The van der Waals surface area contributed by atoms with Crippen LogP contribution < -0.4 is 10.1 Å². The molecule has 24 heavy (non-hydrogen) atoms. The van der Waals surface area contributed by atoms with E-state index in [1.54, 1.807) is 30.3 Å². The van der Waals surface area contributed by atoms with E-state index in [9.17, 15) is 14.0 Å². The van der Waals surface area contributed by atoms with E-state index in [4.69, 9.17) is 16.3 Å². The maximum atomic E-state index is 13.1. The van der Waals surface area contributed by atoms with Crippen LogP contribution in [0.4, 0.5) is 10.1 Å². The highest BCUT2D eigenvalue weighted by Crippen LogP contribution is 2.22. The van der Waals surface area contributed by atoms with Gasteiger partial charge in [0.05, 0.1) is 11.6 Å². The molecule has 0 bridgehead atoms. The number of carbonyl (C=O) groups excluding carboxylic acids is 2. The summed E-state index contributed by atoms with van der Waals surface area (Å²) in [6.45, 7) is -0.422. The van der Waals surface area contributed by atoms with Crippen LogP contribution in [0.25, 0.3) is 0 Å². The first kappa shape index (κ1) is 17.7. The summed E-state index contributed by atoms with van der Waals surface area (Å²) in [4.78, 5) is 25.1. The molecular weight excluding hydrogens is 335 g/mol.